The molecule has 0 aliphatic carbocycles. The van der Waals surface area contributed by atoms with Crippen LogP contribution in [0.2, 0.25) is 0 Å². The zero-order valence-corrected chi connectivity index (χ0v) is 15.2. The number of hydrogen-bond acceptors (Lipinski definition) is 4. The minimum absolute atomic E-state index is 0.0281. The lowest BCUT2D eigenvalue weighted by Gasteiger charge is -2.32. The zero-order chi connectivity index (χ0) is 18.7. The van der Waals surface area contributed by atoms with Gasteiger partial charge in [0.15, 0.2) is 0 Å². The Morgan fingerprint density at radius 1 is 1.11 bits per heavy atom. The number of hydrogen-bond donors (Lipinski definition) is 0. The van der Waals surface area contributed by atoms with E-state index in [2.05, 4.69) is 4.98 Å². The molecule has 0 bridgehead atoms. The van der Waals surface area contributed by atoms with Crippen LogP contribution in [0.1, 0.15) is 12.0 Å². The van der Waals surface area contributed by atoms with Crippen molar-refractivity contribution >= 4 is 17.5 Å². The minimum Gasteiger partial charge on any atom is -0.371 e. The second-order valence-electron chi connectivity index (χ2n) is 7.41. The summed E-state index contributed by atoms with van der Waals surface area (Å²) >= 11 is 0. The molecule has 2 saturated heterocycles. The van der Waals surface area contributed by atoms with E-state index in [-0.39, 0.29) is 23.8 Å². The van der Waals surface area contributed by atoms with Crippen LogP contribution >= 0.6 is 0 Å². The van der Waals surface area contributed by atoms with Crippen molar-refractivity contribution in [2.45, 2.75) is 12.8 Å². The van der Waals surface area contributed by atoms with Crippen molar-refractivity contribution in [3.05, 3.63) is 60.4 Å². The van der Waals surface area contributed by atoms with E-state index in [0.717, 1.165) is 17.7 Å². The average molecular weight is 365 g/mol. The molecule has 2 aliphatic heterocycles. The molecule has 3 heterocycles. The van der Waals surface area contributed by atoms with Crippen LogP contribution < -0.4 is 4.90 Å². The molecule has 140 valence electrons. The first-order valence-corrected chi connectivity index (χ1v) is 9.25. The highest BCUT2D eigenvalue weighted by molar-refractivity contribution is 5.94. The molecule has 27 heavy (non-hydrogen) atoms. The van der Waals surface area contributed by atoms with Crippen molar-refractivity contribution in [1.82, 2.24) is 9.88 Å². The molecule has 2 amide bonds. The van der Waals surface area contributed by atoms with Gasteiger partial charge in [-0.15, -0.1) is 0 Å². The van der Waals surface area contributed by atoms with Crippen molar-refractivity contribution < 1.29 is 14.3 Å². The summed E-state index contributed by atoms with van der Waals surface area (Å²) in [6.07, 6.45) is 4.62. The molecular formula is C21H23N3O3. The number of nitrogens with zero attached hydrogens (tertiary/aromatic N) is 3. The van der Waals surface area contributed by atoms with Gasteiger partial charge in [-0.2, -0.15) is 0 Å². The Morgan fingerprint density at radius 2 is 1.89 bits per heavy atom. The predicted molar refractivity (Wildman–Crippen MR) is 101 cm³/mol. The van der Waals surface area contributed by atoms with Gasteiger partial charge in [0.25, 0.3) is 5.91 Å². The molecule has 1 atom stereocenters. The van der Waals surface area contributed by atoms with E-state index in [1.807, 2.05) is 52.3 Å². The van der Waals surface area contributed by atoms with Gasteiger partial charge in [0.05, 0.1) is 13.0 Å². The summed E-state index contributed by atoms with van der Waals surface area (Å²) in [4.78, 5) is 33.0. The van der Waals surface area contributed by atoms with Gasteiger partial charge in [-0.05, 0) is 36.2 Å². The summed E-state index contributed by atoms with van der Waals surface area (Å²) < 4.78 is 5.71. The summed E-state index contributed by atoms with van der Waals surface area (Å²) in [5, 5.41) is 0. The number of anilines is 1. The smallest absolute Gasteiger partial charge is 0.252 e. The van der Waals surface area contributed by atoms with Gasteiger partial charge >= 0.3 is 0 Å². The number of benzene rings is 1. The second-order valence-corrected chi connectivity index (χ2v) is 7.41. The summed E-state index contributed by atoms with van der Waals surface area (Å²) in [6.45, 7) is 2.48. The van der Waals surface area contributed by atoms with Crippen LogP contribution in [0, 0.1) is 5.41 Å². The van der Waals surface area contributed by atoms with E-state index >= 15 is 0 Å². The Kier molecular flexibility index (Phi) is 4.90. The maximum atomic E-state index is 12.7. The lowest BCUT2D eigenvalue weighted by atomic mass is 9.87. The van der Waals surface area contributed by atoms with Crippen molar-refractivity contribution in [3.63, 3.8) is 0 Å². The van der Waals surface area contributed by atoms with Crippen LogP contribution in [0.15, 0.2) is 54.9 Å². The number of amides is 2. The Labute approximate surface area is 158 Å². The molecule has 0 N–H and O–H groups in total. The monoisotopic (exact) mass is 365 g/mol. The largest absolute Gasteiger partial charge is 0.371 e. The van der Waals surface area contributed by atoms with Crippen LogP contribution in [0.4, 0.5) is 5.69 Å². The lowest BCUT2D eigenvalue weighted by Crippen LogP contribution is -2.43. The highest BCUT2D eigenvalue weighted by Gasteiger charge is 2.44. The minimum atomic E-state index is -0.212. The Bertz CT molecular complexity index is 812. The van der Waals surface area contributed by atoms with E-state index in [1.54, 1.807) is 12.4 Å². The van der Waals surface area contributed by atoms with E-state index in [4.69, 9.17) is 4.74 Å². The highest BCUT2D eigenvalue weighted by atomic mass is 16.5. The van der Waals surface area contributed by atoms with Gasteiger partial charge in [-0.3, -0.25) is 14.6 Å². The summed E-state index contributed by atoms with van der Waals surface area (Å²) in [5.74, 6) is 0.0829. The van der Waals surface area contributed by atoms with E-state index < -0.39 is 0 Å². The quantitative estimate of drug-likeness (QED) is 0.834. The summed E-state index contributed by atoms with van der Waals surface area (Å²) in [7, 11) is 0. The van der Waals surface area contributed by atoms with Gasteiger partial charge in [0.2, 0.25) is 5.91 Å². The van der Waals surface area contributed by atoms with Crippen LogP contribution in [-0.4, -0.2) is 54.5 Å². The van der Waals surface area contributed by atoms with Crippen molar-refractivity contribution in [3.8, 4) is 0 Å². The predicted octanol–water partition coefficient (Wildman–Crippen LogP) is 1.91. The van der Waals surface area contributed by atoms with Crippen LogP contribution in [-0.2, 0) is 20.7 Å². The van der Waals surface area contributed by atoms with Crippen molar-refractivity contribution in [2.75, 3.05) is 37.7 Å². The third kappa shape index (κ3) is 3.85. The standard InChI is InChI=1S/C21H23N3O3/c25-19(12-17-6-9-22-10-7-17)23-11-8-21(14-23)15-24(20(26)13-27-16-21)18-4-2-1-3-5-18/h1-7,9-10H,8,11-16H2. The van der Waals surface area contributed by atoms with Gasteiger partial charge in [-0.25, -0.2) is 0 Å². The fourth-order valence-corrected chi connectivity index (χ4v) is 3.93. The van der Waals surface area contributed by atoms with Gasteiger partial charge in [0.1, 0.15) is 6.61 Å². The van der Waals surface area contributed by atoms with Gasteiger partial charge in [0, 0.05) is 43.1 Å². The number of pyridine rings is 1. The Morgan fingerprint density at radius 3 is 2.67 bits per heavy atom. The van der Waals surface area contributed by atoms with Gasteiger partial charge < -0.3 is 14.5 Å². The van der Waals surface area contributed by atoms with Crippen LogP contribution in [0.25, 0.3) is 0 Å². The molecule has 2 aliphatic rings. The molecule has 6 heteroatoms. The molecule has 1 spiro atoms. The molecular weight excluding hydrogens is 342 g/mol. The van der Waals surface area contributed by atoms with Crippen molar-refractivity contribution in [2.24, 2.45) is 5.41 Å². The first-order chi connectivity index (χ1) is 13.2. The topological polar surface area (TPSA) is 62.7 Å². The maximum Gasteiger partial charge on any atom is 0.252 e. The van der Waals surface area contributed by atoms with E-state index in [1.165, 1.54) is 0 Å². The molecule has 1 aromatic heterocycles. The molecule has 6 nitrogen and oxygen atoms in total. The second kappa shape index (κ2) is 7.48. The number of ether oxygens (including phenoxy) is 1. The number of carbonyl (C=O) groups is 2. The SMILES string of the molecule is O=C(Cc1ccncc1)N1CCC2(COCC(=O)N(c3ccccc3)C2)C1. The van der Waals surface area contributed by atoms with Crippen LogP contribution in [0.5, 0.6) is 0 Å². The molecule has 0 radical (unpaired) electrons. The van der Waals surface area contributed by atoms with E-state index in [9.17, 15) is 9.59 Å². The highest BCUT2D eigenvalue weighted by Crippen LogP contribution is 2.35. The number of likely N-dealkylation sites (tertiary alicyclic amines) is 1. The number of para-hydroxylation sites is 1. The fourth-order valence-electron chi connectivity index (χ4n) is 3.93. The molecule has 1 aromatic carbocycles. The number of aromatic nitrogens is 1. The van der Waals surface area contributed by atoms with E-state index in [0.29, 0.717) is 32.7 Å². The first kappa shape index (κ1) is 17.7. The zero-order valence-electron chi connectivity index (χ0n) is 15.2. The fraction of sp³-hybridized carbons (Fsp3) is 0.381. The van der Waals surface area contributed by atoms with Gasteiger partial charge in [-0.1, -0.05) is 18.2 Å². The normalized spacial score (nSPS) is 22.9. The molecule has 2 aromatic rings. The summed E-state index contributed by atoms with van der Waals surface area (Å²) in [5.41, 5.74) is 1.64. The molecule has 1 unspecified atom stereocenters. The van der Waals surface area contributed by atoms with Crippen LogP contribution in [0.3, 0.4) is 0 Å². The number of carbonyl (C=O) groups excluding carboxylic acids is 2. The summed E-state index contributed by atoms with van der Waals surface area (Å²) in [6, 6.07) is 13.4. The number of rotatable bonds is 3. The maximum absolute atomic E-state index is 12.7. The molecule has 4 rings (SSSR count). The average Bonchev–Trinajstić information content (AvgIpc) is 3.04. The molecule has 0 saturated carbocycles. The first-order valence-electron chi connectivity index (χ1n) is 9.25. The third-order valence-corrected chi connectivity index (χ3v) is 5.39. The lowest BCUT2D eigenvalue weighted by molar-refractivity contribution is -0.130. The Hall–Kier alpha value is -2.73. The van der Waals surface area contributed by atoms with Crippen molar-refractivity contribution in [1.29, 1.82) is 0 Å². The molecule has 2 fully saturated rings. The Balaban J connectivity index is 1.48. The third-order valence-electron chi connectivity index (χ3n) is 5.39.